The van der Waals surface area contributed by atoms with Gasteiger partial charge in [0.25, 0.3) is 0 Å². The Morgan fingerprint density at radius 2 is 2.06 bits per heavy atom. The monoisotopic (exact) mass is 247 g/mol. The second-order valence-corrected chi connectivity index (χ2v) is 4.86. The Kier molecular flexibility index (Phi) is 4.56. The highest BCUT2D eigenvalue weighted by molar-refractivity contribution is 5.74. The van der Waals surface area contributed by atoms with E-state index >= 15 is 0 Å². The first-order chi connectivity index (χ1) is 8.77. The molecule has 98 valence electrons. The number of pyridine rings is 1. The van der Waals surface area contributed by atoms with Crippen molar-refractivity contribution in [3.05, 3.63) is 29.6 Å². The number of hydrogen-bond donors (Lipinski definition) is 1. The average molecular weight is 247 g/mol. The van der Waals surface area contributed by atoms with Crippen LogP contribution in [0.4, 0.5) is 4.79 Å². The van der Waals surface area contributed by atoms with Gasteiger partial charge in [-0.15, -0.1) is 0 Å². The maximum absolute atomic E-state index is 12.0. The highest BCUT2D eigenvalue weighted by Crippen LogP contribution is 2.10. The molecule has 0 saturated carbocycles. The van der Waals surface area contributed by atoms with E-state index in [0.29, 0.717) is 6.54 Å². The van der Waals surface area contributed by atoms with Gasteiger partial charge < -0.3 is 10.2 Å². The van der Waals surface area contributed by atoms with Crippen LogP contribution in [0.25, 0.3) is 0 Å². The number of hydrogen-bond acceptors (Lipinski definition) is 2. The van der Waals surface area contributed by atoms with Gasteiger partial charge in [-0.1, -0.05) is 12.8 Å². The number of carbonyl (C=O) groups excluding carboxylic acids is 1. The van der Waals surface area contributed by atoms with Crippen LogP contribution >= 0.6 is 0 Å². The van der Waals surface area contributed by atoms with Crippen molar-refractivity contribution >= 4 is 6.03 Å². The molecule has 0 aromatic carbocycles. The molecule has 1 aliphatic heterocycles. The SMILES string of the molecule is Cc1cnccc1CNC(=O)N1CCCCCC1. The largest absolute Gasteiger partial charge is 0.334 e. The number of amides is 2. The Morgan fingerprint density at radius 3 is 2.72 bits per heavy atom. The molecule has 4 heteroatoms. The first kappa shape index (κ1) is 12.9. The molecule has 0 bridgehead atoms. The van der Waals surface area contributed by atoms with E-state index in [0.717, 1.165) is 37.1 Å². The van der Waals surface area contributed by atoms with Gasteiger partial charge in [-0.25, -0.2) is 4.79 Å². The standard InChI is InChI=1S/C14H21N3O/c1-12-10-15-7-6-13(12)11-16-14(18)17-8-4-2-3-5-9-17/h6-7,10H,2-5,8-9,11H2,1H3,(H,16,18). The second kappa shape index (κ2) is 6.38. The van der Waals surface area contributed by atoms with Crippen molar-refractivity contribution in [2.45, 2.75) is 39.2 Å². The summed E-state index contributed by atoms with van der Waals surface area (Å²) in [5.41, 5.74) is 2.25. The first-order valence-electron chi connectivity index (χ1n) is 6.69. The van der Waals surface area contributed by atoms with Crippen LogP contribution in [0.15, 0.2) is 18.5 Å². The van der Waals surface area contributed by atoms with Crippen molar-refractivity contribution in [1.82, 2.24) is 15.2 Å². The molecule has 1 aromatic heterocycles. The summed E-state index contributed by atoms with van der Waals surface area (Å²) in [4.78, 5) is 18.0. The Hall–Kier alpha value is -1.58. The van der Waals surface area contributed by atoms with Crippen molar-refractivity contribution in [2.24, 2.45) is 0 Å². The van der Waals surface area contributed by atoms with Crippen LogP contribution in [0, 0.1) is 6.92 Å². The maximum atomic E-state index is 12.0. The summed E-state index contributed by atoms with van der Waals surface area (Å²) < 4.78 is 0. The molecule has 0 spiro atoms. The Balaban J connectivity index is 1.86. The zero-order valence-electron chi connectivity index (χ0n) is 11.0. The lowest BCUT2D eigenvalue weighted by atomic mass is 10.1. The van der Waals surface area contributed by atoms with Crippen molar-refractivity contribution < 1.29 is 4.79 Å². The molecule has 0 radical (unpaired) electrons. The van der Waals surface area contributed by atoms with E-state index in [1.807, 2.05) is 24.1 Å². The van der Waals surface area contributed by atoms with Gasteiger partial charge >= 0.3 is 6.03 Å². The van der Waals surface area contributed by atoms with E-state index in [2.05, 4.69) is 10.3 Å². The predicted octanol–water partition coefficient (Wildman–Crippen LogP) is 2.48. The van der Waals surface area contributed by atoms with Crippen LogP contribution in [0.2, 0.25) is 0 Å². The van der Waals surface area contributed by atoms with E-state index in [-0.39, 0.29) is 6.03 Å². The molecular formula is C14H21N3O. The van der Waals surface area contributed by atoms with Gasteiger partial charge in [0, 0.05) is 32.0 Å². The molecule has 1 aliphatic rings. The molecule has 4 nitrogen and oxygen atoms in total. The molecule has 1 saturated heterocycles. The van der Waals surface area contributed by atoms with E-state index < -0.39 is 0 Å². The Morgan fingerprint density at radius 1 is 1.33 bits per heavy atom. The quantitative estimate of drug-likeness (QED) is 0.872. The number of rotatable bonds is 2. The van der Waals surface area contributed by atoms with Gasteiger partial charge in [0.1, 0.15) is 0 Å². The summed E-state index contributed by atoms with van der Waals surface area (Å²) in [5, 5.41) is 3.00. The third kappa shape index (κ3) is 3.45. The van der Waals surface area contributed by atoms with Crippen molar-refractivity contribution in [3.8, 4) is 0 Å². The molecule has 0 unspecified atom stereocenters. The number of aryl methyl sites for hydroxylation is 1. The average Bonchev–Trinajstić information content (AvgIpc) is 2.66. The van der Waals surface area contributed by atoms with Gasteiger partial charge in [-0.2, -0.15) is 0 Å². The van der Waals surface area contributed by atoms with Crippen LogP contribution in [-0.2, 0) is 6.54 Å². The minimum atomic E-state index is 0.0631. The second-order valence-electron chi connectivity index (χ2n) is 4.86. The topological polar surface area (TPSA) is 45.2 Å². The lowest BCUT2D eigenvalue weighted by Crippen LogP contribution is -2.40. The normalized spacial score (nSPS) is 16.2. The summed E-state index contributed by atoms with van der Waals surface area (Å²) in [7, 11) is 0. The van der Waals surface area contributed by atoms with E-state index in [9.17, 15) is 4.79 Å². The van der Waals surface area contributed by atoms with Crippen molar-refractivity contribution in [3.63, 3.8) is 0 Å². The van der Waals surface area contributed by atoms with E-state index in [1.165, 1.54) is 12.8 Å². The zero-order chi connectivity index (χ0) is 12.8. The van der Waals surface area contributed by atoms with Gasteiger partial charge in [0.15, 0.2) is 0 Å². The number of aromatic nitrogens is 1. The summed E-state index contributed by atoms with van der Waals surface area (Å²) in [6, 6.07) is 2.02. The van der Waals surface area contributed by atoms with E-state index in [4.69, 9.17) is 0 Å². The number of urea groups is 1. The lowest BCUT2D eigenvalue weighted by molar-refractivity contribution is 0.199. The zero-order valence-corrected chi connectivity index (χ0v) is 11.0. The third-order valence-corrected chi connectivity index (χ3v) is 3.46. The third-order valence-electron chi connectivity index (χ3n) is 3.46. The fraction of sp³-hybridized carbons (Fsp3) is 0.571. The summed E-state index contributed by atoms with van der Waals surface area (Å²) in [6.07, 6.45) is 8.33. The number of carbonyl (C=O) groups is 1. The molecule has 2 amide bonds. The Labute approximate surface area is 108 Å². The minimum Gasteiger partial charge on any atom is -0.334 e. The van der Waals surface area contributed by atoms with Gasteiger partial charge in [-0.3, -0.25) is 4.98 Å². The lowest BCUT2D eigenvalue weighted by Gasteiger charge is -2.21. The molecule has 1 aromatic rings. The smallest absolute Gasteiger partial charge is 0.317 e. The van der Waals surface area contributed by atoms with Gasteiger partial charge in [-0.05, 0) is 37.0 Å². The first-order valence-corrected chi connectivity index (χ1v) is 6.69. The fourth-order valence-electron chi connectivity index (χ4n) is 2.26. The van der Waals surface area contributed by atoms with Crippen LogP contribution in [0.1, 0.15) is 36.8 Å². The molecule has 1 fully saturated rings. The van der Waals surface area contributed by atoms with E-state index in [1.54, 1.807) is 6.20 Å². The Bertz CT molecular complexity index is 398. The maximum Gasteiger partial charge on any atom is 0.317 e. The van der Waals surface area contributed by atoms with Crippen LogP contribution in [0.5, 0.6) is 0 Å². The molecule has 2 rings (SSSR count). The molecule has 1 N–H and O–H groups in total. The molecule has 2 heterocycles. The van der Waals surface area contributed by atoms with Crippen molar-refractivity contribution in [1.29, 1.82) is 0 Å². The number of likely N-dealkylation sites (tertiary alicyclic amines) is 1. The summed E-state index contributed by atoms with van der Waals surface area (Å²) in [5.74, 6) is 0. The summed E-state index contributed by atoms with van der Waals surface area (Å²) in [6.45, 7) is 4.38. The van der Waals surface area contributed by atoms with Crippen molar-refractivity contribution in [2.75, 3.05) is 13.1 Å². The highest BCUT2D eigenvalue weighted by Gasteiger charge is 2.14. The molecule has 18 heavy (non-hydrogen) atoms. The van der Waals surface area contributed by atoms with Gasteiger partial charge in [0.2, 0.25) is 0 Å². The number of nitrogens with zero attached hydrogens (tertiary/aromatic N) is 2. The highest BCUT2D eigenvalue weighted by atomic mass is 16.2. The van der Waals surface area contributed by atoms with Crippen LogP contribution < -0.4 is 5.32 Å². The minimum absolute atomic E-state index is 0.0631. The molecule has 0 aliphatic carbocycles. The number of nitrogens with one attached hydrogen (secondary N) is 1. The molecular weight excluding hydrogens is 226 g/mol. The predicted molar refractivity (Wildman–Crippen MR) is 71.3 cm³/mol. The summed E-state index contributed by atoms with van der Waals surface area (Å²) >= 11 is 0. The van der Waals surface area contributed by atoms with Crippen LogP contribution in [0.3, 0.4) is 0 Å². The molecule has 0 atom stereocenters. The fourth-order valence-corrected chi connectivity index (χ4v) is 2.26. The van der Waals surface area contributed by atoms with Gasteiger partial charge in [0.05, 0.1) is 0 Å². The van der Waals surface area contributed by atoms with Crippen LogP contribution in [-0.4, -0.2) is 29.0 Å².